The molecule has 1 aromatic carbocycles. The second-order valence-electron chi connectivity index (χ2n) is 5.11. The van der Waals surface area contributed by atoms with Gasteiger partial charge in [-0.25, -0.2) is 9.55 Å². The van der Waals surface area contributed by atoms with E-state index in [-0.39, 0.29) is 35.7 Å². The number of imidazole rings is 1. The van der Waals surface area contributed by atoms with Crippen LogP contribution in [0.2, 0.25) is 0 Å². The molecule has 1 heterocycles. The van der Waals surface area contributed by atoms with Gasteiger partial charge in [0.1, 0.15) is 18.9 Å². The molecule has 0 bridgehead atoms. The number of H-pyrrole nitrogens is 1. The summed E-state index contributed by atoms with van der Waals surface area (Å²) in [5.41, 5.74) is 2.20. The van der Waals surface area contributed by atoms with Crippen LogP contribution in [-0.2, 0) is 22.5 Å². The summed E-state index contributed by atoms with van der Waals surface area (Å²) in [4.78, 5) is 25.8. The van der Waals surface area contributed by atoms with Crippen LogP contribution >= 0.6 is 0 Å². The van der Waals surface area contributed by atoms with Crippen molar-refractivity contribution in [2.45, 2.75) is 33.2 Å². The fraction of sp³-hybridized carbons (Fsp3) is 0.353. The Morgan fingerprint density at radius 3 is 2.43 bits per heavy atom. The molecule has 6 heteroatoms. The van der Waals surface area contributed by atoms with Crippen molar-refractivity contribution in [2.75, 3.05) is 6.61 Å². The van der Waals surface area contributed by atoms with Gasteiger partial charge in [-0.05, 0) is 24.5 Å². The largest absolute Gasteiger partial charge is 1.00 e. The zero-order valence-electron chi connectivity index (χ0n) is 13.3. The molecule has 0 aliphatic heterocycles. The predicted octanol–water partition coefficient (Wildman–Crippen LogP) is -0.947. The molecule has 2 rings (SSSR count). The lowest BCUT2D eigenvalue weighted by Gasteiger charge is -2.04. The summed E-state index contributed by atoms with van der Waals surface area (Å²) in [6.07, 6.45) is 4.68. The lowest BCUT2D eigenvalue weighted by Crippen LogP contribution is -3.00. The summed E-state index contributed by atoms with van der Waals surface area (Å²) in [7, 11) is 0. The number of aromatic amines is 1. The topological polar surface area (TPSA) is 63.0 Å². The van der Waals surface area contributed by atoms with Gasteiger partial charge in [-0.2, -0.15) is 0 Å². The molecule has 0 aliphatic carbocycles. The average molecular weight is 428 g/mol. The number of hydrogen-bond acceptors (Lipinski definition) is 3. The number of ether oxygens (including phenoxy) is 1. The summed E-state index contributed by atoms with van der Waals surface area (Å²) < 4.78 is 6.80. The molecule has 0 spiro atoms. The van der Waals surface area contributed by atoms with E-state index in [0.717, 1.165) is 11.1 Å². The summed E-state index contributed by atoms with van der Waals surface area (Å²) in [5, 5.41) is 0. The lowest BCUT2D eigenvalue weighted by molar-refractivity contribution is -0.688. The fourth-order valence-electron chi connectivity index (χ4n) is 2.29. The van der Waals surface area contributed by atoms with Gasteiger partial charge in [-0.15, -0.1) is 0 Å². The highest BCUT2D eigenvalue weighted by molar-refractivity contribution is 5.88. The standard InChI is InChI=1S/C17H20N2O3.HI/c1-3-22-16(21)9-8-14-4-6-15(7-5-14)12-19-11-10-18-17(19)13(2)20;/h4-7,10-11H,3,8-9,12H2,1-2H3;1H. The molecule has 0 aliphatic rings. The summed E-state index contributed by atoms with van der Waals surface area (Å²) in [5.74, 6) is 0.433. The van der Waals surface area contributed by atoms with Crippen molar-refractivity contribution in [3.8, 4) is 0 Å². The SMILES string of the molecule is CCOC(=O)CCc1ccc(C[n+]2cc[nH]c2C(C)=O)cc1.[I-]. The van der Waals surface area contributed by atoms with Gasteiger partial charge in [-0.3, -0.25) is 9.59 Å². The number of nitrogens with one attached hydrogen (secondary N) is 1. The monoisotopic (exact) mass is 428 g/mol. The Labute approximate surface area is 153 Å². The molecule has 0 saturated heterocycles. The van der Waals surface area contributed by atoms with Crippen LogP contribution in [0.25, 0.3) is 0 Å². The molecule has 5 nitrogen and oxygen atoms in total. The van der Waals surface area contributed by atoms with Crippen molar-refractivity contribution < 1.29 is 42.9 Å². The minimum absolute atomic E-state index is 0. The zero-order valence-corrected chi connectivity index (χ0v) is 15.5. The van der Waals surface area contributed by atoms with Crippen LogP contribution in [0.1, 0.15) is 42.0 Å². The maximum atomic E-state index is 11.5. The third kappa shape index (κ3) is 5.78. The Hall–Kier alpha value is -1.70. The quantitative estimate of drug-likeness (QED) is 0.268. The molecule has 0 amide bonds. The van der Waals surface area contributed by atoms with Crippen molar-refractivity contribution in [3.63, 3.8) is 0 Å². The Kier molecular flexibility index (Phi) is 7.94. The molecule has 0 unspecified atom stereocenters. The molecule has 0 atom stereocenters. The molecule has 23 heavy (non-hydrogen) atoms. The highest BCUT2D eigenvalue weighted by Gasteiger charge is 2.15. The van der Waals surface area contributed by atoms with Gasteiger partial charge in [-0.1, -0.05) is 24.3 Å². The molecule has 124 valence electrons. The van der Waals surface area contributed by atoms with Gasteiger partial charge in [0.2, 0.25) is 5.78 Å². The van der Waals surface area contributed by atoms with Crippen LogP contribution in [-0.4, -0.2) is 23.3 Å². The van der Waals surface area contributed by atoms with Crippen LogP contribution in [0, 0.1) is 0 Å². The molecule has 1 aromatic heterocycles. The number of aromatic nitrogens is 2. The number of Topliss-reactive ketones (excluding diaryl/α,β-unsaturated/α-hetero) is 1. The number of hydrogen-bond donors (Lipinski definition) is 1. The van der Waals surface area contributed by atoms with E-state index in [1.807, 2.05) is 35.0 Å². The van der Waals surface area contributed by atoms with Crippen molar-refractivity contribution in [1.82, 2.24) is 4.98 Å². The smallest absolute Gasteiger partial charge is 0.323 e. The van der Waals surface area contributed by atoms with Crippen LogP contribution in [0.4, 0.5) is 0 Å². The molecule has 0 saturated carbocycles. The number of aryl methyl sites for hydroxylation is 1. The molecular formula is C17H21IN2O3. The number of carbonyl (C=O) groups excluding carboxylic acids is 2. The molecule has 0 fully saturated rings. The van der Waals surface area contributed by atoms with E-state index in [1.54, 1.807) is 20.0 Å². The van der Waals surface area contributed by atoms with Crippen LogP contribution in [0.3, 0.4) is 0 Å². The maximum Gasteiger partial charge on any atom is 0.323 e. The van der Waals surface area contributed by atoms with Crippen LogP contribution in [0.15, 0.2) is 36.7 Å². The maximum absolute atomic E-state index is 11.5. The van der Waals surface area contributed by atoms with Gasteiger partial charge in [0.25, 0.3) is 0 Å². The lowest BCUT2D eigenvalue weighted by atomic mass is 10.1. The number of ketones is 1. The number of halogens is 1. The average Bonchev–Trinajstić information content (AvgIpc) is 2.95. The Bertz CT molecular complexity index is 650. The first-order valence-electron chi connectivity index (χ1n) is 7.41. The van der Waals surface area contributed by atoms with Crippen LogP contribution in [0.5, 0.6) is 0 Å². The normalized spacial score (nSPS) is 10.0. The zero-order chi connectivity index (χ0) is 15.9. The summed E-state index contributed by atoms with van der Waals surface area (Å²) in [6.45, 7) is 4.40. The molecular weight excluding hydrogens is 407 g/mol. The highest BCUT2D eigenvalue weighted by atomic mass is 127. The summed E-state index contributed by atoms with van der Waals surface area (Å²) >= 11 is 0. The first-order chi connectivity index (χ1) is 10.6. The third-order valence-electron chi connectivity index (χ3n) is 3.39. The van der Waals surface area contributed by atoms with E-state index in [0.29, 0.717) is 31.8 Å². The van der Waals surface area contributed by atoms with E-state index in [2.05, 4.69) is 4.98 Å². The van der Waals surface area contributed by atoms with Crippen molar-refractivity contribution in [3.05, 3.63) is 53.6 Å². The van der Waals surface area contributed by atoms with Crippen molar-refractivity contribution >= 4 is 11.8 Å². The van der Waals surface area contributed by atoms with Gasteiger partial charge in [0, 0.05) is 13.3 Å². The van der Waals surface area contributed by atoms with E-state index in [4.69, 9.17) is 4.74 Å². The van der Waals surface area contributed by atoms with Gasteiger partial charge in [0.15, 0.2) is 0 Å². The summed E-state index contributed by atoms with van der Waals surface area (Å²) in [6, 6.07) is 8.05. The van der Waals surface area contributed by atoms with Crippen LogP contribution < -0.4 is 28.5 Å². The number of benzene rings is 1. The minimum atomic E-state index is -0.166. The highest BCUT2D eigenvalue weighted by Crippen LogP contribution is 2.08. The first kappa shape index (κ1) is 19.3. The first-order valence-corrected chi connectivity index (χ1v) is 7.41. The number of esters is 1. The van der Waals surface area contributed by atoms with Gasteiger partial charge < -0.3 is 28.7 Å². The fourth-order valence-corrected chi connectivity index (χ4v) is 2.29. The Balaban J connectivity index is 0.00000264. The number of carbonyl (C=O) groups is 2. The minimum Gasteiger partial charge on any atom is -1.00 e. The molecule has 0 radical (unpaired) electrons. The van der Waals surface area contributed by atoms with E-state index in [1.165, 1.54) is 0 Å². The van der Waals surface area contributed by atoms with Crippen molar-refractivity contribution in [1.29, 1.82) is 0 Å². The second kappa shape index (κ2) is 9.44. The van der Waals surface area contributed by atoms with Gasteiger partial charge in [0.05, 0.1) is 6.61 Å². The molecule has 1 N–H and O–H groups in total. The van der Waals surface area contributed by atoms with Gasteiger partial charge >= 0.3 is 11.8 Å². The number of rotatable bonds is 7. The van der Waals surface area contributed by atoms with Crippen molar-refractivity contribution in [2.24, 2.45) is 0 Å². The molecule has 2 aromatic rings. The Morgan fingerprint density at radius 1 is 1.17 bits per heavy atom. The predicted molar refractivity (Wildman–Crippen MR) is 81.5 cm³/mol. The second-order valence-corrected chi connectivity index (χ2v) is 5.11. The van der Waals surface area contributed by atoms with E-state index >= 15 is 0 Å². The van der Waals surface area contributed by atoms with E-state index < -0.39 is 0 Å². The number of nitrogens with zero attached hydrogens (tertiary/aromatic N) is 1. The third-order valence-corrected chi connectivity index (χ3v) is 3.39. The van der Waals surface area contributed by atoms with E-state index in [9.17, 15) is 9.59 Å². The Morgan fingerprint density at radius 2 is 1.83 bits per heavy atom.